The third kappa shape index (κ3) is 3.08. The van der Waals surface area contributed by atoms with E-state index in [9.17, 15) is 4.79 Å². The fourth-order valence-corrected chi connectivity index (χ4v) is 2.39. The summed E-state index contributed by atoms with van der Waals surface area (Å²) in [5.74, 6) is 0.158. The number of pyridine rings is 1. The molecule has 0 saturated heterocycles. The third-order valence-corrected chi connectivity index (χ3v) is 3.39. The molecule has 0 aliphatic carbocycles. The van der Waals surface area contributed by atoms with E-state index in [0.717, 1.165) is 22.5 Å². The topological polar surface area (TPSA) is 30.0 Å². The Hall–Kier alpha value is -1.96. The van der Waals surface area contributed by atoms with Gasteiger partial charge in [-0.25, -0.2) is 0 Å². The average molecular weight is 253 g/mol. The molecule has 0 bridgehead atoms. The number of aromatic nitrogens is 1. The molecular formula is C17H19NO. The van der Waals surface area contributed by atoms with Gasteiger partial charge in [0.1, 0.15) is 0 Å². The Morgan fingerprint density at radius 1 is 1.00 bits per heavy atom. The largest absolute Gasteiger partial charge is 0.294 e. The average Bonchev–Trinajstić information content (AvgIpc) is 2.32. The highest BCUT2D eigenvalue weighted by molar-refractivity contribution is 5.98. The molecule has 0 N–H and O–H groups in total. The third-order valence-electron chi connectivity index (χ3n) is 3.39. The summed E-state index contributed by atoms with van der Waals surface area (Å²) in [6.45, 7) is 7.95. The Morgan fingerprint density at radius 3 is 2.05 bits per heavy atom. The van der Waals surface area contributed by atoms with Gasteiger partial charge in [-0.1, -0.05) is 18.2 Å². The summed E-state index contributed by atoms with van der Waals surface area (Å²) in [5, 5.41) is 0. The molecule has 0 aliphatic rings. The van der Waals surface area contributed by atoms with Crippen molar-refractivity contribution in [1.29, 1.82) is 0 Å². The number of hydrogen-bond acceptors (Lipinski definition) is 2. The van der Waals surface area contributed by atoms with E-state index in [0.29, 0.717) is 6.42 Å². The first-order chi connectivity index (χ1) is 8.97. The molecule has 0 aliphatic heterocycles. The van der Waals surface area contributed by atoms with Crippen LogP contribution < -0.4 is 0 Å². The number of carbonyl (C=O) groups is 1. The molecule has 1 heterocycles. The van der Waals surface area contributed by atoms with Gasteiger partial charge in [-0.15, -0.1) is 0 Å². The van der Waals surface area contributed by atoms with Crippen LogP contribution in [0.2, 0.25) is 0 Å². The van der Waals surface area contributed by atoms with E-state index < -0.39 is 0 Å². The number of carbonyl (C=O) groups excluding carboxylic acids is 1. The van der Waals surface area contributed by atoms with Gasteiger partial charge in [0.05, 0.1) is 0 Å². The van der Waals surface area contributed by atoms with Crippen molar-refractivity contribution in [2.45, 2.75) is 34.1 Å². The van der Waals surface area contributed by atoms with Gasteiger partial charge in [0.2, 0.25) is 0 Å². The second-order valence-corrected chi connectivity index (χ2v) is 5.11. The van der Waals surface area contributed by atoms with E-state index in [1.54, 1.807) is 0 Å². The Morgan fingerprint density at radius 2 is 1.53 bits per heavy atom. The van der Waals surface area contributed by atoms with Crippen molar-refractivity contribution in [2.75, 3.05) is 0 Å². The second-order valence-electron chi connectivity index (χ2n) is 5.11. The predicted octanol–water partition coefficient (Wildman–Crippen LogP) is 3.74. The molecule has 0 amide bonds. The van der Waals surface area contributed by atoms with Crippen molar-refractivity contribution in [3.63, 3.8) is 0 Å². The van der Waals surface area contributed by atoms with Crippen molar-refractivity contribution in [3.8, 4) is 0 Å². The lowest BCUT2D eigenvalue weighted by Gasteiger charge is -2.09. The summed E-state index contributed by atoms with van der Waals surface area (Å²) in [5.41, 5.74) is 6.04. The van der Waals surface area contributed by atoms with Gasteiger partial charge in [0.15, 0.2) is 5.78 Å². The maximum absolute atomic E-state index is 12.4. The van der Waals surface area contributed by atoms with E-state index in [1.807, 2.05) is 32.0 Å². The zero-order valence-electron chi connectivity index (χ0n) is 11.9. The van der Waals surface area contributed by atoms with Crippen LogP contribution in [0.15, 0.2) is 30.3 Å². The van der Waals surface area contributed by atoms with Crippen LogP contribution >= 0.6 is 0 Å². The number of rotatable bonds is 3. The summed E-state index contributed by atoms with van der Waals surface area (Å²) in [4.78, 5) is 16.7. The molecule has 0 atom stereocenters. The van der Waals surface area contributed by atoms with Crippen molar-refractivity contribution in [1.82, 2.24) is 4.98 Å². The molecule has 0 radical (unpaired) electrons. The number of nitrogens with zero attached hydrogens (tertiary/aromatic N) is 1. The van der Waals surface area contributed by atoms with E-state index in [4.69, 9.17) is 0 Å². The molecule has 2 rings (SSSR count). The lowest BCUT2D eigenvalue weighted by atomic mass is 9.95. The lowest BCUT2D eigenvalue weighted by molar-refractivity contribution is 0.0992. The Bertz CT molecular complexity index is 589. The van der Waals surface area contributed by atoms with Gasteiger partial charge >= 0.3 is 0 Å². The highest BCUT2D eigenvalue weighted by Crippen LogP contribution is 2.17. The van der Waals surface area contributed by atoms with Crippen LogP contribution in [0.5, 0.6) is 0 Å². The summed E-state index contributed by atoms with van der Waals surface area (Å²) in [6.07, 6.45) is 0.460. The molecule has 0 spiro atoms. The first-order valence-corrected chi connectivity index (χ1v) is 6.51. The van der Waals surface area contributed by atoms with Crippen LogP contribution in [0.4, 0.5) is 0 Å². The molecule has 98 valence electrons. The van der Waals surface area contributed by atoms with Crippen LogP contribution in [-0.2, 0) is 6.42 Å². The van der Waals surface area contributed by atoms with Gasteiger partial charge in [-0.3, -0.25) is 9.78 Å². The van der Waals surface area contributed by atoms with Crippen LogP contribution in [0, 0.1) is 27.7 Å². The standard InChI is InChI=1S/C17H19NO/c1-11-6-5-7-12(2)16(11)10-17(19)15-8-13(3)18-14(4)9-15/h5-9H,10H2,1-4H3. The molecule has 2 nitrogen and oxygen atoms in total. The van der Waals surface area contributed by atoms with Crippen molar-refractivity contribution in [3.05, 3.63) is 64.0 Å². The van der Waals surface area contributed by atoms with E-state index >= 15 is 0 Å². The maximum Gasteiger partial charge on any atom is 0.167 e. The van der Waals surface area contributed by atoms with Gasteiger partial charge in [0.25, 0.3) is 0 Å². The molecular weight excluding hydrogens is 234 g/mol. The molecule has 1 aromatic carbocycles. The quantitative estimate of drug-likeness (QED) is 0.780. The highest BCUT2D eigenvalue weighted by Gasteiger charge is 2.11. The number of benzene rings is 1. The van der Waals surface area contributed by atoms with Crippen LogP contribution in [-0.4, -0.2) is 10.8 Å². The van der Waals surface area contributed by atoms with Crippen molar-refractivity contribution < 1.29 is 4.79 Å². The highest BCUT2D eigenvalue weighted by atomic mass is 16.1. The number of aryl methyl sites for hydroxylation is 4. The van der Waals surface area contributed by atoms with E-state index in [2.05, 4.69) is 31.0 Å². The lowest BCUT2D eigenvalue weighted by Crippen LogP contribution is -2.07. The predicted molar refractivity (Wildman–Crippen MR) is 77.7 cm³/mol. The fourth-order valence-electron chi connectivity index (χ4n) is 2.39. The second kappa shape index (κ2) is 5.35. The van der Waals surface area contributed by atoms with Gasteiger partial charge < -0.3 is 0 Å². The van der Waals surface area contributed by atoms with Crippen molar-refractivity contribution >= 4 is 5.78 Å². The zero-order chi connectivity index (χ0) is 14.0. The first kappa shape index (κ1) is 13.5. The van der Waals surface area contributed by atoms with Crippen LogP contribution in [0.25, 0.3) is 0 Å². The zero-order valence-corrected chi connectivity index (χ0v) is 11.9. The van der Waals surface area contributed by atoms with Gasteiger partial charge in [-0.2, -0.15) is 0 Å². The van der Waals surface area contributed by atoms with Crippen LogP contribution in [0.3, 0.4) is 0 Å². The minimum absolute atomic E-state index is 0.158. The smallest absolute Gasteiger partial charge is 0.167 e. The van der Waals surface area contributed by atoms with E-state index in [1.165, 1.54) is 11.1 Å². The van der Waals surface area contributed by atoms with Gasteiger partial charge in [0, 0.05) is 23.4 Å². The summed E-state index contributed by atoms with van der Waals surface area (Å²) in [6, 6.07) is 9.86. The molecule has 0 fully saturated rings. The molecule has 1 aromatic heterocycles. The summed E-state index contributed by atoms with van der Waals surface area (Å²) in [7, 11) is 0. The number of hydrogen-bond donors (Lipinski definition) is 0. The Kier molecular flexibility index (Phi) is 3.79. The SMILES string of the molecule is Cc1cc(C(=O)Cc2c(C)cccc2C)cc(C)n1. The monoisotopic (exact) mass is 253 g/mol. The van der Waals surface area contributed by atoms with E-state index in [-0.39, 0.29) is 5.78 Å². The van der Waals surface area contributed by atoms with Gasteiger partial charge in [-0.05, 0) is 56.5 Å². The Labute approximate surface area is 114 Å². The Balaban J connectivity index is 2.31. The minimum atomic E-state index is 0.158. The summed E-state index contributed by atoms with van der Waals surface area (Å²) >= 11 is 0. The molecule has 0 unspecified atom stereocenters. The fraction of sp³-hybridized carbons (Fsp3) is 0.294. The molecule has 2 aromatic rings. The first-order valence-electron chi connectivity index (χ1n) is 6.51. The maximum atomic E-state index is 12.4. The number of ketones is 1. The molecule has 2 heteroatoms. The minimum Gasteiger partial charge on any atom is -0.294 e. The normalized spacial score (nSPS) is 10.5. The number of Topliss-reactive ketones (excluding diaryl/α,β-unsaturated/α-hetero) is 1. The molecule has 0 saturated carbocycles. The van der Waals surface area contributed by atoms with Crippen LogP contribution in [0.1, 0.15) is 38.4 Å². The molecule has 19 heavy (non-hydrogen) atoms. The summed E-state index contributed by atoms with van der Waals surface area (Å²) < 4.78 is 0. The van der Waals surface area contributed by atoms with Crippen molar-refractivity contribution in [2.24, 2.45) is 0 Å².